The molecule has 0 aromatic rings. The summed E-state index contributed by atoms with van der Waals surface area (Å²) in [6.07, 6.45) is 1.84. The highest BCUT2D eigenvalue weighted by atomic mass is 32.1. The predicted octanol–water partition coefficient (Wildman–Crippen LogP) is 1.41. The molecule has 0 aromatic heterocycles. The van der Waals surface area contributed by atoms with Gasteiger partial charge in [-0.25, -0.2) is 4.79 Å². The van der Waals surface area contributed by atoms with Crippen LogP contribution in [-0.4, -0.2) is 60.5 Å². The number of amides is 1. The second kappa shape index (κ2) is 8.90. The maximum atomic E-state index is 12.2. The molecule has 0 unspecified atom stereocenters. The molecule has 1 rings (SSSR count). The molecule has 1 aliphatic rings. The van der Waals surface area contributed by atoms with Gasteiger partial charge in [0.2, 0.25) is 0 Å². The number of nitrogens with one attached hydrogen (secondary N) is 2. The third kappa shape index (κ3) is 7.49. The number of esters is 1. The molecule has 0 bridgehead atoms. The number of likely N-dealkylation sites (tertiary alicyclic amines) is 1. The zero-order chi connectivity index (χ0) is 17.5. The quantitative estimate of drug-likeness (QED) is 0.576. The smallest absolute Gasteiger partial charge is 0.410 e. The molecule has 0 radical (unpaired) electrons. The Hall–Kier alpha value is -1.57. The highest BCUT2D eigenvalue weighted by Crippen LogP contribution is 2.20. The summed E-state index contributed by atoms with van der Waals surface area (Å²) < 4.78 is 9.97. The van der Waals surface area contributed by atoms with Crippen LogP contribution in [0.1, 0.15) is 40.0 Å². The van der Waals surface area contributed by atoms with Crippen LogP contribution < -0.4 is 10.6 Å². The van der Waals surface area contributed by atoms with Crippen molar-refractivity contribution in [1.82, 2.24) is 15.5 Å². The van der Waals surface area contributed by atoms with Crippen molar-refractivity contribution in [3.8, 4) is 0 Å². The molecule has 0 aromatic carbocycles. The Morgan fingerprint density at radius 3 is 2.61 bits per heavy atom. The standard InChI is InChI=1S/C15H27N3O4S/c1-15(2,3)22-14(20)18-9-5-6-11(18)10-17-13(23)16-8-7-12(19)21-4/h11H,5-10H2,1-4H3,(H2,16,17,23)/t11-/m0/s1. The van der Waals surface area contributed by atoms with Crippen LogP contribution in [0.4, 0.5) is 4.79 Å². The van der Waals surface area contributed by atoms with Crippen molar-refractivity contribution in [2.45, 2.75) is 51.7 Å². The fourth-order valence-electron chi connectivity index (χ4n) is 2.26. The monoisotopic (exact) mass is 345 g/mol. The minimum Gasteiger partial charge on any atom is -0.469 e. The molecular weight excluding hydrogens is 318 g/mol. The number of rotatable bonds is 5. The summed E-state index contributed by atoms with van der Waals surface area (Å²) in [6.45, 7) is 7.24. The van der Waals surface area contributed by atoms with Crippen molar-refractivity contribution in [2.75, 3.05) is 26.7 Å². The number of carbonyl (C=O) groups is 2. The van der Waals surface area contributed by atoms with E-state index in [1.807, 2.05) is 20.8 Å². The van der Waals surface area contributed by atoms with E-state index in [1.165, 1.54) is 7.11 Å². The van der Waals surface area contributed by atoms with E-state index in [0.29, 0.717) is 24.7 Å². The van der Waals surface area contributed by atoms with Gasteiger partial charge in [0.25, 0.3) is 0 Å². The maximum absolute atomic E-state index is 12.2. The number of thiocarbonyl (C=S) groups is 1. The summed E-state index contributed by atoms with van der Waals surface area (Å²) in [6, 6.07) is 0.0604. The van der Waals surface area contributed by atoms with Gasteiger partial charge in [-0.15, -0.1) is 0 Å². The molecule has 1 atom stereocenters. The Morgan fingerprint density at radius 1 is 1.30 bits per heavy atom. The van der Waals surface area contributed by atoms with Crippen LogP contribution >= 0.6 is 12.2 Å². The summed E-state index contributed by atoms with van der Waals surface area (Å²) in [5, 5.41) is 6.48. The third-order valence-corrected chi connectivity index (χ3v) is 3.63. The number of hydrogen-bond donors (Lipinski definition) is 2. The Balaban J connectivity index is 2.34. The van der Waals surface area contributed by atoms with E-state index in [4.69, 9.17) is 17.0 Å². The number of carbonyl (C=O) groups excluding carboxylic acids is 2. The molecule has 0 spiro atoms. The predicted molar refractivity (Wildman–Crippen MR) is 91.2 cm³/mol. The summed E-state index contributed by atoms with van der Waals surface area (Å²) in [5.74, 6) is -0.285. The number of nitrogens with zero attached hydrogens (tertiary/aromatic N) is 1. The highest BCUT2D eigenvalue weighted by molar-refractivity contribution is 7.80. The van der Waals surface area contributed by atoms with Crippen LogP contribution in [0.5, 0.6) is 0 Å². The SMILES string of the molecule is COC(=O)CCNC(=S)NC[C@@H]1CCCN1C(=O)OC(C)(C)C. The first kappa shape index (κ1) is 19.5. The average molecular weight is 345 g/mol. The van der Waals surface area contributed by atoms with Gasteiger partial charge >= 0.3 is 12.1 Å². The van der Waals surface area contributed by atoms with Gasteiger partial charge in [-0.2, -0.15) is 0 Å². The van der Waals surface area contributed by atoms with Crippen LogP contribution in [0, 0.1) is 0 Å². The van der Waals surface area contributed by atoms with Gasteiger partial charge in [-0.3, -0.25) is 4.79 Å². The van der Waals surface area contributed by atoms with E-state index in [9.17, 15) is 9.59 Å². The fraction of sp³-hybridized carbons (Fsp3) is 0.800. The first-order chi connectivity index (χ1) is 10.7. The van der Waals surface area contributed by atoms with E-state index in [2.05, 4.69) is 15.4 Å². The molecule has 2 N–H and O–H groups in total. The molecule has 1 aliphatic heterocycles. The maximum Gasteiger partial charge on any atom is 0.410 e. The van der Waals surface area contributed by atoms with Crippen molar-refractivity contribution in [3.05, 3.63) is 0 Å². The summed E-state index contributed by atoms with van der Waals surface area (Å²) in [7, 11) is 1.35. The van der Waals surface area contributed by atoms with Crippen molar-refractivity contribution in [2.24, 2.45) is 0 Å². The van der Waals surface area contributed by atoms with E-state index in [1.54, 1.807) is 4.90 Å². The second-order valence-electron chi connectivity index (χ2n) is 6.43. The normalized spacial score (nSPS) is 17.6. The average Bonchev–Trinajstić information content (AvgIpc) is 2.91. The fourth-order valence-corrected chi connectivity index (χ4v) is 2.45. The van der Waals surface area contributed by atoms with Gasteiger partial charge in [0.15, 0.2) is 5.11 Å². The highest BCUT2D eigenvalue weighted by Gasteiger charge is 2.31. The molecule has 1 fully saturated rings. The minimum absolute atomic E-state index is 0.0604. The molecule has 23 heavy (non-hydrogen) atoms. The van der Waals surface area contributed by atoms with Crippen molar-refractivity contribution >= 4 is 29.4 Å². The van der Waals surface area contributed by atoms with Gasteiger partial charge in [-0.05, 0) is 45.8 Å². The lowest BCUT2D eigenvalue weighted by atomic mass is 10.2. The first-order valence-electron chi connectivity index (χ1n) is 7.81. The van der Waals surface area contributed by atoms with Gasteiger partial charge in [-0.1, -0.05) is 0 Å². The Bertz CT molecular complexity index is 437. The second-order valence-corrected chi connectivity index (χ2v) is 6.84. The molecule has 7 nitrogen and oxygen atoms in total. The zero-order valence-electron chi connectivity index (χ0n) is 14.3. The van der Waals surface area contributed by atoms with Crippen molar-refractivity contribution in [3.63, 3.8) is 0 Å². The molecular formula is C15H27N3O4S. The van der Waals surface area contributed by atoms with Crippen LogP contribution in [0.3, 0.4) is 0 Å². The Kier molecular flexibility index (Phi) is 7.54. The van der Waals surface area contributed by atoms with E-state index >= 15 is 0 Å². The van der Waals surface area contributed by atoms with Crippen LogP contribution in [0.15, 0.2) is 0 Å². The largest absolute Gasteiger partial charge is 0.469 e. The van der Waals surface area contributed by atoms with Crippen LogP contribution in [-0.2, 0) is 14.3 Å². The van der Waals surface area contributed by atoms with Crippen LogP contribution in [0.25, 0.3) is 0 Å². The van der Waals surface area contributed by atoms with Gasteiger partial charge in [0, 0.05) is 19.6 Å². The summed E-state index contributed by atoms with van der Waals surface area (Å²) in [5.41, 5.74) is -0.498. The van der Waals surface area contributed by atoms with E-state index in [0.717, 1.165) is 12.8 Å². The molecule has 0 aliphatic carbocycles. The topological polar surface area (TPSA) is 79.9 Å². The lowest BCUT2D eigenvalue weighted by Crippen LogP contribution is -2.47. The molecule has 1 heterocycles. The molecule has 1 amide bonds. The first-order valence-corrected chi connectivity index (χ1v) is 8.22. The van der Waals surface area contributed by atoms with Gasteiger partial charge in [0.1, 0.15) is 5.60 Å². The van der Waals surface area contributed by atoms with E-state index < -0.39 is 5.60 Å². The molecule has 8 heteroatoms. The summed E-state index contributed by atoms with van der Waals surface area (Å²) >= 11 is 5.16. The summed E-state index contributed by atoms with van der Waals surface area (Å²) in [4.78, 5) is 24.9. The molecule has 132 valence electrons. The van der Waals surface area contributed by atoms with Crippen molar-refractivity contribution < 1.29 is 19.1 Å². The van der Waals surface area contributed by atoms with Crippen LogP contribution in [0.2, 0.25) is 0 Å². The Labute approximate surface area is 143 Å². The van der Waals surface area contributed by atoms with Gasteiger partial charge in [0.05, 0.1) is 19.6 Å². The van der Waals surface area contributed by atoms with E-state index in [-0.39, 0.29) is 24.5 Å². The number of hydrogen-bond acceptors (Lipinski definition) is 5. The zero-order valence-corrected chi connectivity index (χ0v) is 15.1. The third-order valence-electron chi connectivity index (χ3n) is 3.35. The van der Waals surface area contributed by atoms with Crippen molar-refractivity contribution in [1.29, 1.82) is 0 Å². The lowest BCUT2D eigenvalue weighted by Gasteiger charge is -2.29. The number of methoxy groups -OCH3 is 1. The minimum atomic E-state index is -0.498. The lowest BCUT2D eigenvalue weighted by molar-refractivity contribution is -0.140. The molecule has 0 saturated carbocycles. The Morgan fingerprint density at radius 2 is 2.00 bits per heavy atom. The van der Waals surface area contributed by atoms with Gasteiger partial charge < -0.3 is 25.0 Å². The number of ether oxygens (including phenoxy) is 2. The molecule has 1 saturated heterocycles.